The van der Waals surface area contributed by atoms with Crippen LogP contribution in [0.5, 0.6) is 0 Å². The van der Waals surface area contributed by atoms with Crippen LogP contribution in [-0.4, -0.2) is 63.9 Å². The number of fused-ring (bicyclic) bond motifs is 2. The van der Waals surface area contributed by atoms with Gasteiger partial charge >= 0.3 is 0 Å². The van der Waals surface area contributed by atoms with Crippen molar-refractivity contribution < 1.29 is 19.2 Å². The molecule has 5 rings (SSSR count). The summed E-state index contributed by atoms with van der Waals surface area (Å²) in [5.74, 6) is -1.06. The molecule has 36 heavy (non-hydrogen) atoms. The van der Waals surface area contributed by atoms with Crippen molar-refractivity contribution in [3.8, 4) is 0 Å². The van der Waals surface area contributed by atoms with Gasteiger partial charge in [0.15, 0.2) is 5.78 Å². The number of nitrogens with one attached hydrogen (secondary N) is 3. The van der Waals surface area contributed by atoms with Gasteiger partial charge in [-0.2, -0.15) is 0 Å². The molecule has 0 spiro atoms. The van der Waals surface area contributed by atoms with E-state index in [1.807, 2.05) is 31.2 Å². The van der Waals surface area contributed by atoms with Crippen LogP contribution in [0, 0.1) is 30.1 Å². The van der Waals surface area contributed by atoms with E-state index >= 15 is 0 Å². The average Bonchev–Trinajstić information content (AvgIpc) is 3.61. The summed E-state index contributed by atoms with van der Waals surface area (Å²) < 4.78 is 0. The molecule has 192 valence electrons. The van der Waals surface area contributed by atoms with Crippen LogP contribution < -0.4 is 10.6 Å². The molecule has 0 radical (unpaired) electrons. The summed E-state index contributed by atoms with van der Waals surface area (Å²) in [4.78, 5) is 57.1. The molecule has 1 aliphatic heterocycles. The molecule has 3 amide bonds. The van der Waals surface area contributed by atoms with Crippen molar-refractivity contribution in [1.82, 2.24) is 20.5 Å². The molecule has 5 atom stereocenters. The van der Waals surface area contributed by atoms with E-state index in [0.29, 0.717) is 12.2 Å². The monoisotopic (exact) mass is 512 g/mol. The number of aromatic amines is 1. The Balaban J connectivity index is 1.35. The van der Waals surface area contributed by atoms with E-state index in [4.69, 9.17) is 11.6 Å². The number of carbonyl (C=O) groups is 4. The molecule has 2 saturated carbocycles. The van der Waals surface area contributed by atoms with Crippen LogP contribution in [0.15, 0.2) is 24.3 Å². The fraction of sp³-hybridized carbons (Fsp3) is 0.556. The Morgan fingerprint density at radius 1 is 1.19 bits per heavy atom. The van der Waals surface area contributed by atoms with Gasteiger partial charge in [0.2, 0.25) is 11.8 Å². The fourth-order valence-electron chi connectivity index (χ4n) is 5.95. The summed E-state index contributed by atoms with van der Waals surface area (Å²) in [6, 6.07) is 5.56. The molecule has 2 heterocycles. The molecule has 1 saturated heterocycles. The third-order valence-corrected chi connectivity index (χ3v) is 8.77. The second-order valence-corrected chi connectivity index (χ2v) is 11.5. The number of carbonyl (C=O) groups excluding carboxylic acids is 4. The summed E-state index contributed by atoms with van der Waals surface area (Å²) in [5.41, 5.74) is 2.28. The normalized spacial score (nSPS) is 25.7. The number of amides is 3. The lowest BCUT2D eigenvalue weighted by Crippen LogP contribution is -2.57. The van der Waals surface area contributed by atoms with E-state index in [0.717, 1.165) is 29.3 Å². The number of aromatic nitrogens is 1. The van der Waals surface area contributed by atoms with Gasteiger partial charge in [0.1, 0.15) is 17.8 Å². The van der Waals surface area contributed by atoms with Crippen LogP contribution in [0.2, 0.25) is 0 Å². The summed E-state index contributed by atoms with van der Waals surface area (Å²) in [6.45, 7) is 8.28. The molecule has 1 unspecified atom stereocenters. The molecule has 9 heteroatoms. The van der Waals surface area contributed by atoms with E-state index in [9.17, 15) is 19.2 Å². The van der Waals surface area contributed by atoms with Gasteiger partial charge in [-0.3, -0.25) is 19.2 Å². The van der Waals surface area contributed by atoms with Crippen molar-refractivity contribution in [2.75, 3.05) is 12.4 Å². The fourth-order valence-corrected chi connectivity index (χ4v) is 6.18. The first-order chi connectivity index (χ1) is 17.0. The summed E-state index contributed by atoms with van der Waals surface area (Å²) in [7, 11) is 0. The molecule has 3 fully saturated rings. The first kappa shape index (κ1) is 24.8. The highest BCUT2D eigenvalue weighted by atomic mass is 35.5. The zero-order valence-corrected chi connectivity index (χ0v) is 21.8. The molecule has 8 nitrogen and oxygen atoms in total. The Labute approximate surface area is 215 Å². The lowest BCUT2D eigenvalue weighted by Gasteiger charge is -2.33. The predicted octanol–water partition coefficient (Wildman–Crippen LogP) is 2.78. The highest BCUT2D eigenvalue weighted by molar-refractivity contribution is 6.28. The lowest BCUT2D eigenvalue weighted by molar-refractivity contribution is -0.142. The molecule has 3 N–H and O–H groups in total. The van der Waals surface area contributed by atoms with Crippen molar-refractivity contribution in [2.45, 2.75) is 58.7 Å². The number of hydrogen-bond acceptors (Lipinski definition) is 4. The highest BCUT2D eigenvalue weighted by Gasteiger charge is 2.69. The van der Waals surface area contributed by atoms with Crippen molar-refractivity contribution in [3.63, 3.8) is 0 Å². The summed E-state index contributed by atoms with van der Waals surface area (Å²) in [5, 5.41) is 6.70. The standard InChI is InChI=1S/C27H33ClN4O4/c1-13-6-5-7-18-16(13)10-19(30-18)24(34)31-22(15-8-9-15)26(36)32-12-17-21(27(17,3)4)23(32)25(35)29-14(2)20(33)11-28/h5-7,10,14-15,17,21-23,30H,8-9,11-12H2,1-4H3,(H,29,35)(H,31,34)/t14-,17-,21-,22?,23-/m0/s1. The molecular formula is C27H33ClN4O4. The number of halogens is 1. The number of piperidine rings is 1. The Morgan fingerprint density at radius 3 is 2.56 bits per heavy atom. The molecular weight excluding hydrogens is 480 g/mol. The van der Waals surface area contributed by atoms with Gasteiger partial charge in [-0.05, 0) is 67.6 Å². The zero-order valence-electron chi connectivity index (χ0n) is 21.1. The third-order valence-electron chi connectivity index (χ3n) is 8.51. The molecule has 1 aromatic heterocycles. The maximum absolute atomic E-state index is 13.8. The smallest absolute Gasteiger partial charge is 0.268 e. The van der Waals surface area contributed by atoms with Gasteiger partial charge in [-0.25, -0.2) is 0 Å². The van der Waals surface area contributed by atoms with E-state index in [1.54, 1.807) is 11.8 Å². The largest absolute Gasteiger partial charge is 0.351 e. The van der Waals surface area contributed by atoms with Crippen molar-refractivity contribution in [1.29, 1.82) is 0 Å². The number of ketones is 1. The Kier molecular flexibility index (Phi) is 6.14. The van der Waals surface area contributed by atoms with Crippen LogP contribution in [0.1, 0.15) is 49.7 Å². The minimum absolute atomic E-state index is 0.0204. The van der Waals surface area contributed by atoms with Crippen LogP contribution in [0.25, 0.3) is 10.9 Å². The third kappa shape index (κ3) is 4.19. The number of alkyl halides is 1. The van der Waals surface area contributed by atoms with Crippen molar-refractivity contribution in [3.05, 3.63) is 35.5 Å². The van der Waals surface area contributed by atoms with Crippen LogP contribution in [0.3, 0.4) is 0 Å². The lowest BCUT2D eigenvalue weighted by atomic mass is 9.98. The Bertz CT molecular complexity index is 1250. The number of nitrogens with zero attached hydrogens (tertiary/aromatic N) is 1. The van der Waals surface area contributed by atoms with Gasteiger partial charge < -0.3 is 20.5 Å². The molecule has 1 aromatic carbocycles. The summed E-state index contributed by atoms with van der Waals surface area (Å²) >= 11 is 5.66. The number of rotatable bonds is 8. The number of aryl methyl sites for hydroxylation is 1. The molecule has 3 aliphatic rings. The van der Waals surface area contributed by atoms with Crippen LogP contribution in [0.4, 0.5) is 0 Å². The van der Waals surface area contributed by atoms with E-state index in [-0.39, 0.29) is 52.6 Å². The summed E-state index contributed by atoms with van der Waals surface area (Å²) in [6.07, 6.45) is 1.71. The van der Waals surface area contributed by atoms with Crippen LogP contribution in [-0.2, 0) is 14.4 Å². The SMILES string of the molecule is Cc1cccc2[nH]c(C(=O)NC(C(=O)N3C[C@H]4[C@@H]([C@H]3C(=O)N[C@@H](C)C(=O)CCl)C4(C)C)C3CC3)cc12. The molecule has 2 aliphatic carbocycles. The first-order valence-corrected chi connectivity index (χ1v) is 13.2. The molecule has 2 aromatic rings. The zero-order chi connectivity index (χ0) is 25.9. The second kappa shape index (κ2) is 8.91. The maximum atomic E-state index is 13.8. The van der Waals surface area contributed by atoms with E-state index in [1.165, 1.54) is 0 Å². The van der Waals surface area contributed by atoms with Crippen molar-refractivity contribution in [2.24, 2.45) is 23.2 Å². The Morgan fingerprint density at radius 2 is 1.92 bits per heavy atom. The van der Waals surface area contributed by atoms with Crippen molar-refractivity contribution >= 4 is 46.0 Å². The van der Waals surface area contributed by atoms with Gasteiger partial charge in [-0.15, -0.1) is 11.6 Å². The predicted molar refractivity (Wildman–Crippen MR) is 137 cm³/mol. The van der Waals surface area contributed by atoms with Gasteiger partial charge in [0, 0.05) is 17.4 Å². The van der Waals surface area contributed by atoms with Crippen LogP contribution >= 0.6 is 11.6 Å². The first-order valence-electron chi connectivity index (χ1n) is 12.6. The number of likely N-dealkylation sites (tertiary alicyclic amines) is 1. The highest BCUT2D eigenvalue weighted by Crippen LogP contribution is 2.65. The van der Waals surface area contributed by atoms with Gasteiger partial charge in [0.05, 0.1) is 11.9 Å². The quantitative estimate of drug-likeness (QED) is 0.472. The Hall–Kier alpha value is -2.87. The van der Waals surface area contributed by atoms with Gasteiger partial charge in [0.25, 0.3) is 5.91 Å². The van der Waals surface area contributed by atoms with E-state index in [2.05, 4.69) is 29.5 Å². The number of hydrogen-bond donors (Lipinski definition) is 3. The minimum Gasteiger partial charge on any atom is -0.351 e. The second-order valence-electron chi connectivity index (χ2n) is 11.2. The topological polar surface area (TPSA) is 111 Å². The number of Topliss-reactive ketones (excluding diaryl/α,β-unsaturated/α-hetero) is 1. The number of H-pyrrole nitrogens is 1. The minimum atomic E-state index is -0.725. The maximum Gasteiger partial charge on any atom is 0.268 e. The number of benzene rings is 1. The average molecular weight is 513 g/mol. The van der Waals surface area contributed by atoms with E-state index < -0.39 is 18.1 Å². The molecule has 0 bridgehead atoms. The van der Waals surface area contributed by atoms with Gasteiger partial charge in [-0.1, -0.05) is 26.0 Å².